The van der Waals surface area contributed by atoms with E-state index in [1.165, 1.54) is 0 Å². The fourth-order valence-electron chi connectivity index (χ4n) is 0.821. The first kappa shape index (κ1) is 16.0. The Morgan fingerprint density at radius 1 is 1.56 bits per heavy atom. The van der Waals surface area contributed by atoms with Crippen molar-refractivity contribution in [2.45, 2.75) is 25.9 Å². The van der Waals surface area contributed by atoms with Gasteiger partial charge in [-0.05, 0) is 19.4 Å². The molecule has 0 aromatic rings. The average Bonchev–Trinajstić information content (AvgIpc) is 2.99. The molecule has 0 amide bonds. The predicted octanol–water partition coefficient (Wildman–Crippen LogP) is 0.325. The van der Waals surface area contributed by atoms with Gasteiger partial charge in [-0.25, -0.2) is 0 Å². The number of epoxide rings is 1. The fourth-order valence-corrected chi connectivity index (χ4v) is 1.42. The van der Waals surface area contributed by atoms with Gasteiger partial charge < -0.3 is 25.0 Å². The highest BCUT2D eigenvalue weighted by molar-refractivity contribution is 7.51. The first-order chi connectivity index (χ1) is 7.49. The Morgan fingerprint density at radius 2 is 2.19 bits per heavy atom. The Hall–Kier alpha value is 0.0300. The topological polar surface area (TPSA) is 105 Å². The second kappa shape index (κ2) is 9.10. The fraction of sp³-hybridized carbons (Fsp3) is 1.00. The van der Waals surface area contributed by atoms with Crippen LogP contribution in [0.5, 0.6) is 0 Å². The van der Waals surface area contributed by atoms with Crippen molar-refractivity contribution >= 4 is 7.60 Å². The van der Waals surface area contributed by atoms with E-state index in [4.69, 9.17) is 25.0 Å². The number of ether oxygens (including phenoxy) is 2. The summed E-state index contributed by atoms with van der Waals surface area (Å²) in [5.41, 5.74) is 4.99. The van der Waals surface area contributed by atoms with Gasteiger partial charge in [-0.15, -0.1) is 0 Å². The van der Waals surface area contributed by atoms with Crippen molar-refractivity contribution in [2.24, 2.45) is 5.73 Å². The Kier molecular flexibility index (Phi) is 9.12. The molecule has 7 heteroatoms. The van der Waals surface area contributed by atoms with Gasteiger partial charge in [0, 0.05) is 6.61 Å². The Bertz CT molecular complexity index is 204. The summed E-state index contributed by atoms with van der Waals surface area (Å²) in [6.45, 7) is 5.02. The molecule has 6 nitrogen and oxygen atoms in total. The van der Waals surface area contributed by atoms with Crippen molar-refractivity contribution in [3.05, 3.63) is 0 Å². The lowest BCUT2D eigenvalue weighted by atomic mass is 10.5. The minimum absolute atomic E-state index is 0.0938. The van der Waals surface area contributed by atoms with E-state index in [0.29, 0.717) is 19.1 Å². The standard InChI is InChI=1S/C6H12O2.C3H10NO3P/c1-2-3-7-4-6-5-8-6;4-2-1-3-8(5,6)7/h6H,2-5H2,1H3;1-4H2,(H2,5,6,7). The molecule has 16 heavy (non-hydrogen) atoms. The predicted molar refractivity (Wildman–Crippen MR) is 61.4 cm³/mol. The summed E-state index contributed by atoms with van der Waals surface area (Å²) in [5.74, 6) is 0. The van der Waals surface area contributed by atoms with Gasteiger partial charge >= 0.3 is 7.60 Å². The van der Waals surface area contributed by atoms with Gasteiger partial charge in [-0.1, -0.05) is 6.92 Å². The van der Waals surface area contributed by atoms with Gasteiger partial charge in [-0.2, -0.15) is 0 Å². The molecule has 1 aliphatic rings. The summed E-state index contributed by atoms with van der Waals surface area (Å²) in [5, 5.41) is 0. The highest BCUT2D eigenvalue weighted by Crippen LogP contribution is 2.34. The quantitative estimate of drug-likeness (QED) is 0.344. The summed E-state index contributed by atoms with van der Waals surface area (Å²) >= 11 is 0. The zero-order valence-electron chi connectivity index (χ0n) is 9.67. The van der Waals surface area contributed by atoms with E-state index >= 15 is 0 Å². The summed E-state index contributed by atoms with van der Waals surface area (Å²) in [4.78, 5) is 16.4. The van der Waals surface area contributed by atoms with Gasteiger partial charge in [0.15, 0.2) is 0 Å². The molecule has 0 aromatic carbocycles. The molecule has 0 radical (unpaired) electrons. The maximum absolute atomic E-state index is 10.0. The molecule has 1 heterocycles. The maximum Gasteiger partial charge on any atom is 0.325 e. The minimum atomic E-state index is -3.76. The summed E-state index contributed by atoms with van der Waals surface area (Å²) in [7, 11) is -3.76. The number of hydrogen-bond donors (Lipinski definition) is 3. The van der Waals surface area contributed by atoms with Crippen molar-refractivity contribution in [3.63, 3.8) is 0 Å². The van der Waals surface area contributed by atoms with Crippen LogP contribution >= 0.6 is 7.60 Å². The molecular formula is C9H22NO5P. The highest BCUT2D eigenvalue weighted by Gasteiger charge is 2.21. The van der Waals surface area contributed by atoms with Crippen molar-refractivity contribution < 1.29 is 23.8 Å². The van der Waals surface area contributed by atoms with E-state index in [-0.39, 0.29) is 6.16 Å². The average molecular weight is 255 g/mol. The minimum Gasteiger partial charge on any atom is -0.379 e. The molecule has 4 N–H and O–H groups in total. The molecule has 1 saturated heterocycles. The van der Waals surface area contributed by atoms with E-state index in [1.54, 1.807) is 0 Å². The van der Waals surface area contributed by atoms with Gasteiger partial charge in [0.25, 0.3) is 0 Å². The van der Waals surface area contributed by atoms with Gasteiger partial charge in [-0.3, -0.25) is 4.57 Å². The zero-order chi connectivity index (χ0) is 12.4. The molecule has 1 aliphatic heterocycles. The van der Waals surface area contributed by atoms with E-state index in [0.717, 1.165) is 26.2 Å². The Morgan fingerprint density at radius 3 is 2.50 bits per heavy atom. The Labute approximate surface area is 96.3 Å². The van der Waals surface area contributed by atoms with Crippen molar-refractivity contribution in [1.82, 2.24) is 0 Å². The number of hydrogen-bond acceptors (Lipinski definition) is 4. The largest absolute Gasteiger partial charge is 0.379 e. The molecule has 0 bridgehead atoms. The smallest absolute Gasteiger partial charge is 0.325 e. The molecule has 0 saturated carbocycles. The third kappa shape index (κ3) is 14.0. The van der Waals surface area contributed by atoms with E-state index < -0.39 is 7.60 Å². The molecule has 0 spiro atoms. The third-order valence-corrected chi connectivity index (χ3v) is 2.61. The summed E-state index contributed by atoms with van der Waals surface area (Å²) in [6.07, 6.45) is 1.84. The molecular weight excluding hydrogens is 233 g/mol. The van der Waals surface area contributed by atoms with Crippen LogP contribution in [0.4, 0.5) is 0 Å². The van der Waals surface area contributed by atoms with E-state index in [1.807, 2.05) is 0 Å². The van der Waals surface area contributed by atoms with Crippen molar-refractivity contribution in [2.75, 3.05) is 32.5 Å². The summed E-state index contributed by atoms with van der Waals surface area (Å²) < 4.78 is 20.1. The van der Waals surface area contributed by atoms with Gasteiger partial charge in [0.05, 0.1) is 19.4 Å². The van der Waals surface area contributed by atoms with Crippen LogP contribution in [0.2, 0.25) is 0 Å². The molecule has 1 atom stereocenters. The van der Waals surface area contributed by atoms with Crippen molar-refractivity contribution in [1.29, 1.82) is 0 Å². The molecule has 98 valence electrons. The zero-order valence-corrected chi connectivity index (χ0v) is 10.6. The maximum atomic E-state index is 10.0. The number of nitrogens with two attached hydrogens (primary N) is 1. The van der Waals surface area contributed by atoms with Crippen LogP contribution in [0, 0.1) is 0 Å². The Balaban J connectivity index is 0.000000281. The van der Waals surface area contributed by atoms with Crippen LogP contribution < -0.4 is 5.73 Å². The van der Waals surface area contributed by atoms with Gasteiger partial charge in [0.2, 0.25) is 0 Å². The third-order valence-electron chi connectivity index (χ3n) is 1.71. The van der Waals surface area contributed by atoms with Crippen LogP contribution in [-0.2, 0) is 14.0 Å². The van der Waals surface area contributed by atoms with Crippen LogP contribution in [-0.4, -0.2) is 48.4 Å². The first-order valence-corrected chi connectivity index (χ1v) is 7.23. The monoisotopic (exact) mass is 255 g/mol. The van der Waals surface area contributed by atoms with Crippen LogP contribution in [0.25, 0.3) is 0 Å². The normalized spacial score (nSPS) is 18.9. The molecule has 1 rings (SSSR count). The lowest BCUT2D eigenvalue weighted by Gasteiger charge is -1.98. The van der Waals surface area contributed by atoms with E-state index in [9.17, 15) is 4.57 Å². The second-order valence-corrected chi connectivity index (χ2v) is 5.34. The lowest BCUT2D eigenvalue weighted by Crippen LogP contribution is -2.01. The van der Waals surface area contributed by atoms with Crippen LogP contribution in [0.15, 0.2) is 0 Å². The first-order valence-electron chi connectivity index (χ1n) is 5.43. The SMILES string of the molecule is CCCOCC1CO1.NCCCP(=O)(O)O. The van der Waals surface area contributed by atoms with Crippen LogP contribution in [0.3, 0.4) is 0 Å². The molecule has 0 aromatic heterocycles. The van der Waals surface area contributed by atoms with Crippen molar-refractivity contribution in [3.8, 4) is 0 Å². The highest BCUT2D eigenvalue weighted by atomic mass is 31.2. The lowest BCUT2D eigenvalue weighted by molar-refractivity contribution is 0.117. The van der Waals surface area contributed by atoms with E-state index in [2.05, 4.69) is 6.92 Å². The molecule has 1 unspecified atom stereocenters. The van der Waals surface area contributed by atoms with Crippen LogP contribution in [0.1, 0.15) is 19.8 Å². The molecule has 1 fully saturated rings. The summed E-state index contributed by atoms with van der Waals surface area (Å²) in [6, 6.07) is 0. The second-order valence-electron chi connectivity index (χ2n) is 3.56. The molecule has 0 aliphatic carbocycles. The number of rotatable bonds is 7. The van der Waals surface area contributed by atoms with Gasteiger partial charge in [0.1, 0.15) is 6.10 Å².